The summed E-state index contributed by atoms with van der Waals surface area (Å²) in [7, 11) is 0. The smallest absolute Gasteiger partial charge is 0.322 e. The average molecular weight is 429 g/mol. The van der Waals surface area contributed by atoms with Crippen LogP contribution < -0.4 is 16.4 Å². The van der Waals surface area contributed by atoms with Gasteiger partial charge in [-0.3, -0.25) is 9.59 Å². The largest absolute Gasteiger partial charge is 0.365 e. The number of thiophene rings is 1. The Bertz CT molecular complexity index is 963. The minimum absolute atomic E-state index is 0.0166. The standard InChI is InChI=1S/C22H28N4O3S/c1-13-7-6-8-16(11-13)24-22(29)26(17-9-4-5-10-17)12-18(27)25-21-19(20(23)28)14(2)15(3)30-21/h6-8,11,17H,4-5,9-10,12H2,1-3H3,(H2,23,28)(H,24,29)(H,25,27). The summed E-state index contributed by atoms with van der Waals surface area (Å²) in [5.41, 5.74) is 8.34. The van der Waals surface area contributed by atoms with Crippen molar-refractivity contribution in [1.29, 1.82) is 0 Å². The highest BCUT2D eigenvalue weighted by atomic mass is 32.1. The Labute approximate surface area is 180 Å². The first-order chi connectivity index (χ1) is 14.3. The highest BCUT2D eigenvalue weighted by Crippen LogP contribution is 2.32. The van der Waals surface area contributed by atoms with E-state index in [1.54, 1.807) is 4.90 Å². The molecule has 3 rings (SSSR count). The van der Waals surface area contributed by atoms with Gasteiger partial charge in [-0.2, -0.15) is 0 Å². The van der Waals surface area contributed by atoms with Crippen molar-refractivity contribution in [2.24, 2.45) is 5.73 Å². The average Bonchev–Trinajstić information content (AvgIpc) is 3.28. The van der Waals surface area contributed by atoms with Gasteiger partial charge in [-0.05, 0) is 56.9 Å². The molecule has 1 saturated carbocycles. The van der Waals surface area contributed by atoms with Crippen LogP contribution in [0.2, 0.25) is 0 Å². The van der Waals surface area contributed by atoms with Crippen molar-refractivity contribution in [3.8, 4) is 0 Å². The fourth-order valence-electron chi connectivity index (χ4n) is 3.83. The van der Waals surface area contributed by atoms with E-state index in [0.29, 0.717) is 16.3 Å². The quantitative estimate of drug-likeness (QED) is 0.642. The third-order valence-electron chi connectivity index (χ3n) is 5.49. The molecular formula is C22H28N4O3S. The number of anilines is 2. The lowest BCUT2D eigenvalue weighted by Gasteiger charge is -2.28. The number of urea groups is 1. The number of hydrogen-bond acceptors (Lipinski definition) is 4. The first-order valence-corrected chi connectivity index (χ1v) is 10.9. The lowest BCUT2D eigenvalue weighted by atomic mass is 10.1. The molecule has 0 saturated heterocycles. The van der Waals surface area contributed by atoms with Gasteiger partial charge in [0.2, 0.25) is 5.91 Å². The highest BCUT2D eigenvalue weighted by Gasteiger charge is 2.29. The minimum atomic E-state index is -0.572. The SMILES string of the molecule is Cc1cccc(NC(=O)N(CC(=O)Nc2sc(C)c(C)c2C(N)=O)C2CCCC2)c1. The van der Waals surface area contributed by atoms with Gasteiger partial charge in [0.1, 0.15) is 11.5 Å². The third-order valence-corrected chi connectivity index (χ3v) is 6.62. The van der Waals surface area contributed by atoms with E-state index < -0.39 is 5.91 Å². The van der Waals surface area contributed by atoms with Crippen molar-refractivity contribution >= 4 is 39.9 Å². The molecule has 0 radical (unpaired) electrons. The zero-order chi connectivity index (χ0) is 21.8. The second kappa shape index (κ2) is 9.30. The van der Waals surface area contributed by atoms with Gasteiger partial charge in [0.05, 0.1) is 5.56 Å². The monoisotopic (exact) mass is 428 g/mol. The molecule has 1 aromatic heterocycles. The molecule has 0 unspecified atom stereocenters. The van der Waals surface area contributed by atoms with Crippen LogP contribution in [0.1, 0.15) is 52.0 Å². The van der Waals surface area contributed by atoms with Crippen LogP contribution in [0.5, 0.6) is 0 Å². The number of carbonyl (C=O) groups excluding carboxylic acids is 3. The summed E-state index contributed by atoms with van der Waals surface area (Å²) in [6.45, 7) is 5.56. The van der Waals surface area contributed by atoms with E-state index in [9.17, 15) is 14.4 Å². The molecule has 0 bridgehead atoms. The van der Waals surface area contributed by atoms with Crippen LogP contribution in [0.4, 0.5) is 15.5 Å². The van der Waals surface area contributed by atoms with Crippen molar-refractivity contribution in [3.63, 3.8) is 0 Å². The molecule has 1 aliphatic rings. The van der Waals surface area contributed by atoms with Gasteiger partial charge >= 0.3 is 6.03 Å². The number of carbonyl (C=O) groups is 3. The number of hydrogen-bond donors (Lipinski definition) is 3. The fourth-order valence-corrected chi connectivity index (χ4v) is 4.92. The number of nitrogens with one attached hydrogen (secondary N) is 2. The summed E-state index contributed by atoms with van der Waals surface area (Å²) in [5, 5.41) is 6.14. The van der Waals surface area contributed by atoms with Gasteiger partial charge in [-0.1, -0.05) is 25.0 Å². The Morgan fingerprint density at radius 1 is 1.13 bits per heavy atom. The molecule has 1 aromatic carbocycles. The molecule has 4 amide bonds. The maximum Gasteiger partial charge on any atom is 0.322 e. The van der Waals surface area contributed by atoms with Gasteiger partial charge < -0.3 is 21.3 Å². The number of aryl methyl sites for hydroxylation is 2. The Morgan fingerprint density at radius 2 is 1.83 bits per heavy atom. The Hall–Kier alpha value is -2.87. The second-order valence-electron chi connectivity index (χ2n) is 7.77. The van der Waals surface area contributed by atoms with Crippen molar-refractivity contribution in [2.45, 2.75) is 52.5 Å². The predicted octanol–water partition coefficient (Wildman–Crippen LogP) is 4.19. The van der Waals surface area contributed by atoms with Gasteiger partial charge in [0.25, 0.3) is 5.91 Å². The molecule has 160 valence electrons. The lowest BCUT2D eigenvalue weighted by Crippen LogP contribution is -2.46. The summed E-state index contributed by atoms with van der Waals surface area (Å²) < 4.78 is 0. The summed E-state index contributed by atoms with van der Waals surface area (Å²) in [6.07, 6.45) is 3.82. The fraction of sp³-hybridized carbons (Fsp3) is 0.409. The van der Waals surface area contributed by atoms with Crippen LogP contribution in [0, 0.1) is 20.8 Å². The second-order valence-corrected chi connectivity index (χ2v) is 8.99. The molecular weight excluding hydrogens is 400 g/mol. The Morgan fingerprint density at radius 3 is 2.47 bits per heavy atom. The maximum absolute atomic E-state index is 13.0. The van der Waals surface area contributed by atoms with Crippen molar-refractivity contribution in [2.75, 3.05) is 17.2 Å². The molecule has 7 nitrogen and oxygen atoms in total. The number of rotatable bonds is 6. The summed E-state index contributed by atoms with van der Waals surface area (Å²) in [4.78, 5) is 40.1. The van der Waals surface area contributed by atoms with E-state index in [0.717, 1.165) is 41.7 Å². The molecule has 0 spiro atoms. The summed E-state index contributed by atoms with van der Waals surface area (Å²) in [5.74, 6) is -0.915. The Balaban J connectivity index is 1.75. The molecule has 1 fully saturated rings. The minimum Gasteiger partial charge on any atom is -0.365 e. The first-order valence-electron chi connectivity index (χ1n) is 10.1. The van der Waals surface area contributed by atoms with Crippen LogP contribution in [0.25, 0.3) is 0 Å². The van der Waals surface area contributed by atoms with Gasteiger partial charge in [-0.15, -0.1) is 11.3 Å². The van der Waals surface area contributed by atoms with E-state index in [4.69, 9.17) is 5.73 Å². The molecule has 4 N–H and O–H groups in total. The predicted molar refractivity (Wildman–Crippen MR) is 120 cm³/mol. The van der Waals surface area contributed by atoms with Crippen molar-refractivity contribution in [3.05, 3.63) is 45.8 Å². The Kier molecular flexibility index (Phi) is 6.77. The third kappa shape index (κ3) is 4.99. The number of nitrogens with two attached hydrogens (primary N) is 1. The number of primary amides is 1. The van der Waals surface area contributed by atoms with Crippen LogP contribution >= 0.6 is 11.3 Å². The molecule has 0 aliphatic heterocycles. The number of nitrogens with zero attached hydrogens (tertiary/aromatic N) is 1. The van der Waals surface area contributed by atoms with Gasteiger partial charge in [0.15, 0.2) is 0 Å². The molecule has 2 aromatic rings. The van der Waals surface area contributed by atoms with Gasteiger partial charge in [-0.25, -0.2) is 4.79 Å². The van der Waals surface area contributed by atoms with Crippen molar-refractivity contribution < 1.29 is 14.4 Å². The molecule has 0 atom stereocenters. The summed E-state index contributed by atoms with van der Waals surface area (Å²) >= 11 is 1.32. The van der Waals surface area contributed by atoms with E-state index in [1.807, 2.05) is 45.0 Å². The molecule has 1 aliphatic carbocycles. The maximum atomic E-state index is 13.0. The van der Waals surface area contributed by atoms with Crippen LogP contribution in [0.15, 0.2) is 24.3 Å². The zero-order valence-electron chi connectivity index (χ0n) is 17.6. The topological polar surface area (TPSA) is 105 Å². The number of benzene rings is 1. The lowest BCUT2D eigenvalue weighted by molar-refractivity contribution is -0.117. The normalized spacial score (nSPS) is 13.8. The number of amides is 4. The highest BCUT2D eigenvalue weighted by molar-refractivity contribution is 7.16. The van der Waals surface area contributed by atoms with E-state index in [2.05, 4.69) is 10.6 Å². The molecule has 30 heavy (non-hydrogen) atoms. The van der Waals surface area contributed by atoms with Crippen LogP contribution in [-0.4, -0.2) is 35.3 Å². The summed E-state index contributed by atoms with van der Waals surface area (Å²) in [6, 6.07) is 7.28. The zero-order valence-corrected chi connectivity index (χ0v) is 18.4. The van der Waals surface area contributed by atoms with E-state index >= 15 is 0 Å². The van der Waals surface area contributed by atoms with E-state index in [1.165, 1.54) is 11.3 Å². The first kappa shape index (κ1) is 21.8. The van der Waals surface area contributed by atoms with E-state index in [-0.39, 0.29) is 24.5 Å². The molecule has 8 heteroatoms. The van der Waals surface area contributed by atoms with Gasteiger partial charge in [0, 0.05) is 16.6 Å². The molecule has 1 heterocycles. The van der Waals surface area contributed by atoms with Crippen LogP contribution in [0.3, 0.4) is 0 Å². The van der Waals surface area contributed by atoms with Crippen LogP contribution in [-0.2, 0) is 4.79 Å². The van der Waals surface area contributed by atoms with Crippen molar-refractivity contribution in [1.82, 2.24) is 4.90 Å².